The smallest absolute Gasteiger partial charge is 0.259 e. The van der Waals surface area contributed by atoms with Gasteiger partial charge in [0.1, 0.15) is 11.6 Å². The molecule has 2 aromatic carbocycles. The molecule has 0 fully saturated rings. The number of aromatic nitrogens is 2. The van der Waals surface area contributed by atoms with Crippen LogP contribution in [0.2, 0.25) is 0 Å². The fourth-order valence-corrected chi connectivity index (χ4v) is 2.65. The lowest BCUT2D eigenvalue weighted by Gasteiger charge is -2.10. The zero-order valence-corrected chi connectivity index (χ0v) is 13.6. The van der Waals surface area contributed by atoms with E-state index in [0.717, 1.165) is 10.0 Å². The van der Waals surface area contributed by atoms with E-state index in [2.05, 4.69) is 26.3 Å². The van der Waals surface area contributed by atoms with E-state index in [1.807, 2.05) is 24.3 Å². The fraction of sp³-hybridized carbons (Fsp3) is 0.0588. The molecule has 3 rings (SSSR count). The molecular formula is C17H13BrFN3O. The first-order valence-corrected chi connectivity index (χ1v) is 7.75. The third kappa shape index (κ3) is 3.65. The second-order valence-corrected chi connectivity index (χ2v) is 5.85. The number of rotatable bonds is 4. The highest BCUT2D eigenvalue weighted by Crippen LogP contribution is 2.16. The summed E-state index contributed by atoms with van der Waals surface area (Å²) in [4.78, 5) is 12.2. The number of hydrogen-bond acceptors (Lipinski definition) is 2. The average molecular weight is 374 g/mol. The number of benzene rings is 2. The van der Waals surface area contributed by atoms with Gasteiger partial charge in [0, 0.05) is 10.5 Å². The molecule has 0 saturated carbocycles. The van der Waals surface area contributed by atoms with Gasteiger partial charge in [-0.2, -0.15) is 5.10 Å². The largest absolute Gasteiger partial charge is 0.307 e. The number of anilines is 1. The van der Waals surface area contributed by atoms with Crippen molar-refractivity contribution in [3.05, 3.63) is 82.2 Å². The minimum absolute atomic E-state index is 0.00251. The quantitative estimate of drug-likeness (QED) is 0.748. The highest BCUT2D eigenvalue weighted by molar-refractivity contribution is 9.10. The Morgan fingerprint density at radius 1 is 1.17 bits per heavy atom. The zero-order valence-electron chi connectivity index (χ0n) is 12.0. The van der Waals surface area contributed by atoms with E-state index in [1.165, 1.54) is 12.1 Å². The summed E-state index contributed by atoms with van der Waals surface area (Å²) in [6.07, 6.45) is 1.59. The molecule has 23 heavy (non-hydrogen) atoms. The molecule has 0 aliphatic heterocycles. The van der Waals surface area contributed by atoms with Gasteiger partial charge in [0.2, 0.25) is 0 Å². The maximum Gasteiger partial charge on any atom is 0.259 e. The molecule has 0 aliphatic carbocycles. The summed E-state index contributed by atoms with van der Waals surface area (Å²) < 4.78 is 16.3. The van der Waals surface area contributed by atoms with Crippen LogP contribution in [0.5, 0.6) is 0 Å². The van der Waals surface area contributed by atoms with E-state index in [4.69, 9.17) is 0 Å². The molecule has 6 heteroatoms. The van der Waals surface area contributed by atoms with Crippen molar-refractivity contribution >= 4 is 27.7 Å². The molecular weight excluding hydrogens is 361 g/mol. The van der Waals surface area contributed by atoms with Crippen molar-refractivity contribution in [2.45, 2.75) is 6.54 Å². The Morgan fingerprint density at radius 2 is 2.00 bits per heavy atom. The normalized spacial score (nSPS) is 10.5. The van der Waals surface area contributed by atoms with E-state index in [1.54, 1.807) is 29.1 Å². The molecule has 1 amide bonds. The Labute approximate surface area is 141 Å². The first kappa shape index (κ1) is 15.4. The molecule has 0 aliphatic rings. The van der Waals surface area contributed by atoms with Gasteiger partial charge in [-0.05, 0) is 29.8 Å². The van der Waals surface area contributed by atoms with Crippen LogP contribution in [0.3, 0.4) is 0 Å². The zero-order chi connectivity index (χ0) is 16.2. The van der Waals surface area contributed by atoms with Crippen molar-refractivity contribution in [3.63, 3.8) is 0 Å². The van der Waals surface area contributed by atoms with Gasteiger partial charge >= 0.3 is 0 Å². The lowest BCUT2D eigenvalue weighted by Crippen LogP contribution is -2.17. The second kappa shape index (κ2) is 6.75. The van der Waals surface area contributed by atoms with E-state index >= 15 is 0 Å². The molecule has 4 nitrogen and oxygen atoms in total. The SMILES string of the molecule is O=C(Nc1ccnn1Cc1cccc(Br)c1)c1ccccc1F. The van der Waals surface area contributed by atoms with Gasteiger partial charge < -0.3 is 5.32 Å². The summed E-state index contributed by atoms with van der Waals surface area (Å²) in [6.45, 7) is 0.499. The van der Waals surface area contributed by atoms with Gasteiger partial charge in [0.25, 0.3) is 5.91 Å². The van der Waals surface area contributed by atoms with E-state index < -0.39 is 11.7 Å². The topological polar surface area (TPSA) is 46.9 Å². The Hall–Kier alpha value is -2.47. The molecule has 0 radical (unpaired) electrons. The number of halogens is 2. The first-order chi connectivity index (χ1) is 11.1. The number of carbonyl (C=O) groups is 1. The lowest BCUT2D eigenvalue weighted by atomic mass is 10.2. The van der Waals surface area contributed by atoms with E-state index in [-0.39, 0.29) is 5.56 Å². The minimum Gasteiger partial charge on any atom is -0.307 e. The van der Waals surface area contributed by atoms with Crippen LogP contribution in [-0.2, 0) is 6.54 Å². The number of hydrogen-bond donors (Lipinski definition) is 1. The highest BCUT2D eigenvalue weighted by atomic mass is 79.9. The van der Waals surface area contributed by atoms with Gasteiger partial charge in [0.15, 0.2) is 0 Å². The van der Waals surface area contributed by atoms with Gasteiger partial charge in [0.05, 0.1) is 18.3 Å². The van der Waals surface area contributed by atoms with E-state index in [9.17, 15) is 9.18 Å². The summed E-state index contributed by atoms with van der Waals surface area (Å²) in [5, 5.41) is 6.90. The molecule has 0 unspecified atom stereocenters. The summed E-state index contributed by atoms with van der Waals surface area (Å²) in [5.74, 6) is -0.541. The van der Waals surface area contributed by atoms with Crippen LogP contribution in [0.25, 0.3) is 0 Å². The molecule has 1 N–H and O–H groups in total. The van der Waals surface area contributed by atoms with Crippen molar-refractivity contribution in [2.75, 3.05) is 5.32 Å². The maximum absolute atomic E-state index is 13.7. The maximum atomic E-state index is 13.7. The number of amides is 1. The second-order valence-electron chi connectivity index (χ2n) is 4.94. The monoisotopic (exact) mass is 373 g/mol. The van der Waals surface area contributed by atoms with Crippen LogP contribution in [-0.4, -0.2) is 15.7 Å². The Kier molecular flexibility index (Phi) is 4.52. The summed E-state index contributed by atoms with van der Waals surface area (Å²) >= 11 is 3.42. The van der Waals surface area contributed by atoms with Crippen LogP contribution >= 0.6 is 15.9 Å². The molecule has 0 atom stereocenters. The molecule has 0 spiro atoms. The molecule has 0 saturated heterocycles. The van der Waals surface area contributed by atoms with Gasteiger partial charge in [-0.1, -0.05) is 40.2 Å². The molecule has 3 aromatic rings. The number of nitrogens with one attached hydrogen (secondary N) is 1. The minimum atomic E-state index is -0.553. The average Bonchev–Trinajstić information content (AvgIpc) is 2.94. The van der Waals surface area contributed by atoms with Gasteiger partial charge in [-0.25, -0.2) is 9.07 Å². The van der Waals surface area contributed by atoms with Crippen molar-refractivity contribution < 1.29 is 9.18 Å². The van der Waals surface area contributed by atoms with Gasteiger partial charge in [-0.15, -0.1) is 0 Å². The standard InChI is InChI=1S/C17H13BrFN3O/c18-13-5-3-4-12(10-13)11-22-16(8-9-20-22)21-17(23)14-6-1-2-7-15(14)19/h1-10H,11H2,(H,21,23). The van der Waals surface area contributed by atoms with Crippen LogP contribution in [0, 0.1) is 5.82 Å². The molecule has 116 valence electrons. The predicted octanol–water partition coefficient (Wildman–Crippen LogP) is 4.09. The van der Waals surface area contributed by atoms with Crippen molar-refractivity contribution in [3.8, 4) is 0 Å². The first-order valence-electron chi connectivity index (χ1n) is 6.95. The fourth-order valence-electron chi connectivity index (χ4n) is 2.20. The predicted molar refractivity (Wildman–Crippen MR) is 89.8 cm³/mol. The highest BCUT2D eigenvalue weighted by Gasteiger charge is 2.13. The number of nitrogens with zero attached hydrogens (tertiary/aromatic N) is 2. The van der Waals surface area contributed by atoms with Crippen LogP contribution in [0.4, 0.5) is 10.2 Å². The van der Waals surface area contributed by atoms with E-state index in [0.29, 0.717) is 12.4 Å². The molecule has 0 bridgehead atoms. The summed E-state index contributed by atoms with van der Waals surface area (Å²) in [5.41, 5.74) is 1.03. The summed E-state index contributed by atoms with van der Waals surface area (Å²) in [6, 6.07) is 15.4. The van der Waals surface area contributed by atoms with Crippen LogP contribution in [0.1, 0.15) is 15.9 Å². The Bertz CT molecular complexity index is 847. The lowest BCUT2D eigenvalue weighted by molar-refractivity contribution is 0.102. The third-order valence-corrected chi connectivity index (χ3v) is 3.79. The van der Waals surface area contributed by atoms with Crippen LogP contribution in [0.15, 0.2) is 65.3 Å². The summed E-state index contributed by atoms with van der Waals surface area (Å²) in [7, 11) is 0. The van der Waals surface area contributed by atoms with Crippen molar-refractivity contribution in [2.24, 2.45) is 0 Å². The van der Waals surface area contributed by atoms with Crippen LogP contribution < -0.4 is 5.32 Å². The Balaban J connectivity index is 1.79. The number of carbonyl (C=O) groups excluding carboxylic acids is 1. The van der Waals surface area contributed by atoms with Crippen molar-refractivity contribution in [1.82, 2.24) is 9.78 Å². The third-order valence-electron chi connectivity index (χ3n) is 3.30. The van der Waals surface area contributed by atoms with Gasteiger partial charge in [-0.3, -0.25) is 4.79 Å². The molecule has 1 heterocycles. The Morgan fingerprint density at radius 3 is 2.78 bits per heavy atom. The molecule has 1 aromatic heterocycles. The van der Waals surface area contributed by atoms with Crippen molar-refractivity contribution in [1.29, 1.82) is 0 Å².